The number of aryl methyl sites for hydroxylation is 1. The molecule has 0 spiro atoms. The van der Waals surface area contributed by atoms with Crippen LogP contribution in [0.5, 0.6) is 0 Å². The minimum Gasteiger partial charge on any atom is -0.394 e. The molecule has 4 heteroatoms. The highest BCUT2D eigenvalue weighted by atomic mass is 16.5. The van der Waals surface area contributed by atoms with Gasteiger partial charge in [0, 0.05) is 13.0 Å². The highest BCUT2D eigenvalue weighted by Gasteiger charge is 2.07. The quantitative estimate of drug-likeness (QED) is 0.772. The Bertz CT molecular complexity index is 479. The van der Waals surface area contributed by atoms with Crippen LogP contribution in [-0.2, 0) is 17.7 Å². The summed E-state index contributed by atoms with van der Waals surface area (Å²) in [6.45, 7) is 3.96. The molecule has 0 aliphatic rings. The van der Waals surface area contributed by atoms with Crippen LogP contribution in [0.3, 0.4) is 0 Å². The fourth-order valence-corrected chi connectivity index (χ4v) is 1.97. The molecule has 0 saturated carbocycles. The SMILES string of the molecule is CCc1nc2ccccc2n1CCOCCO. The molecular weight excluding hydrogens is 216 g/mol. The molecule has 0 atom stereocenters. The van der Waals surface area contributed by atoms with Crippen LogP contribution in [0.1, 0.15) is 12.7 Å². The van der Waals surface area contributed by atoms with E-state index in [4.69, 9.17) is 9.84 Å². The van der Waals surface area contributed by atoms with Gasteiger partial charge >= 0.3 is 0 Å². The Morgan fingerprint density at radius 3 is 2.88 bits per heavy atom. The number of hydrogen-bond acceptors (Lipinski definition) is 3. The summed E-state index contributed by atoms with van der Waals surface area (Å²) in [5.41, 5.74) is 2.18. The molecule has 0 aliphatic carbocycles. The Morgan fingerprint density at radius 2 is 2.12 bits per heavy atom. The molecule has 0 unspecified atom stereocenters. The third-order valence-electron chi connectivity index (χ3n) is 2.74. The molecule has 1 aromatic heterocycles. The Hall–Kier alpha value is -1.39. The Morgan fingerprint density at radius 1 is 1.29 bits per heavy atom. The molecule has 92 valence electrons. The van der Waals surface area contributed by atoms with Gasteiger partial charge < -0.3 is 14.4 Å². The van der Waals surface area contributed by atoms with Gasteiger partial charge in [0.1, 0.15) is 5.82 Å². The lowest BCUT2D eigenvalue weighted by atomic mass is 10.3. The zero-order valence-corrected chi connectivity index (χ0v) is 10.1. The molecule has 2 rings (SSSR count). The Labute approximate surface area is 101 Å². The van der Waals surface area contributed by atoms with E-state index in [1.807, 2.05) is 18.2 Å². The number of para-hydroxylation sites is 2. The van der Waals surface area contributed by atoms with Crippen LogP contribution >= 0.6 is 0 Å². The number of hydrogen-bond donors (Lipinski definition) is 1. The van der Waals surface area contributed by atoms with Crippen molar-refractivity contribution in [3.8, 4) is 0 Å². The minimum atomic E-state index is 0.0747. The van der Waals surface area contributed by atoms with Gasteiger partial charge in [0.15, 0.2) is 0 Å². The molecule has 4 nitrogen and oxygen atoms in total. The second kappa shape index (κ2) is 5.80. The van der Waals surface area contributed by atoms with Crippen molar-refractivity contribution in [2.75, 3.05) is 19.8 Å². The molecule has 2 aromatic rings. The monoisotopic (exact) mass is 234 g/mol. The summed E-state index contributed by atoms with van der Waals surface area (Å²) in [5.74, 6) is 1.08. The molecule has 1 heterocycles. The van der Waals surface area contributed by atoms with Crippen molar-refractivity contribution in [1.29, 1.82) is 0 Å². The van der Waals surface area contributed by atoms with Gasteiger partial charge in [0.05, 0.1) is 30.9 Å². The Kier molecular flexibility index (Phi) is 4.12. The number of nitrogens with zero attached hydrogens (tertiary/aromatic N) is 2. The zero-order valence-electron chi connectivity index (χ0n) is 10.1. The van der Waals surface area contributed by atoms with Gasteiger partial charge in [-0.3, -0.25) is 0 Å². The predicted molar refractivity (Wildman–Crippen MR) is 67.0 cm³/mol. The highest BCUT2D eigenvalue weighted by Crippen LogP contribution is 2.16. The van der Waals surface area contributed by atoms with Crippen LogP contribution in [0.15, 0.2) is 24.3 Å². The number of aliphatic hydroxyl groups is 1. The van der Waals surface area contributed by atoms with E-state index in [-0.39, 0.29) is 6.61 Å². The van der Waals surface area contributed by atoms with E-state index in [9.17, 15) is 0 Å². The van der Waals surface area contributed by atoms with E-state index in [1.54, 1.807) is 0 Å². The average Bonchev–Trinajstić information content (AvgIpc) is 2.73. The van der Waals surface area contributed by atoms with Crippen LogP contribution in [0, 0.1) is 0 Å². The van der Waals surface area contributed by atoms with Crippen molar-refractivity contribution < 1.29 is 9.84 Å². The standard InChI is InChI=1S/C13H18N2O2/c1-2-13-14-11-5-3-4-6-12(11)15(13)7-9-17-10-8-16/h3-6,16H,2,7-10H2,1H3. The summed E-state index contributed by atoms with van der Waals surface area (Å²) in [7, 11) is 0. The van der Waals surface area contributed by atoms with E-state index in [2.05, 4.69) is 22.5 Å². The number of imidazole rings is 1. The molecule has 17 heavy (non-hydrogen) atoms. The maximum atomic E-state index is 8.65. The van der Waals surface area contributed by atoms with Gasteiger partial charge in [-0.2, -0.15) is 0 Å². The first-order valence-electron chi connectivity index (χ1n) is 5.99. The van der Waals surface area contributed by atoms with Crippen LogP contribution < -0.4 is 0 Å². The number of rotatable bonds is 6. The van der Waals surface area contributed by atoms with E-state index < -0.39 is 0 Å². The first-order chi connectivity index (χ1) is 8.36. The first-order valence-corrected chi connectivity index (χ1v) is 5.99. The normalized spacial score (nSPS) is 11.2. The van der Waals surface area contributed by atoms with E-state index in [0.717, 1.165) is 29.8 Å². The van der Waals surface area contributed by atoms with Gasteiger partial charge in [0.2, 0.25) is 0 Å². The molecule has 0 fully saturated rings. The van der Waals surface area contributed by atoms with Gasteiger partial charge in [-0.05, 0) is 12.1 Å². The third-order valence-corrected chi connectivity index (χ3v) is 2.74. The second-order valence-electron chi connectivity index (χ2n) is 3.86. The average molecular weight is 234 g/mol. The number of aromatic nitrogens is 2. The van der Waals surface area contributed by atoms with Gasteiger partial charge in [-0.1, -0.05) is 19.1 Å². The van der Waals surface area contributed by atoms with Crippen molar-refractivity contribution in [1.82, 2.24) is 9.55 Å². The molecule has 0 saturated heterocycles. The minimum absolute atomic E-state index is 0.0747. The first kappa shape index (κ1) is 12.1. The molecule has 1 aromatic carbocycles. The summed E-state index contributed by atoms with van der Waals surface area (Å²) in [6, 6.07) is 8.13. The maximum absolute atomic E-state index is 8.65. The largest absolute Gasteiger partial charge is 0.394 e. The van der Waals surface area contributed by atoms with E-state index in [1.165, 1.54) is 0 Å². The van der Waals surface area contributed by atoms with Crippen LogP contribution in [0.25, 0.3) is 11.0 Å². The molecular formula is C13H18N2O2. The molecule has 0 bridgehead atoms. The molecule has 0 radical (unpaired) electrons. The van der Waals surface area contributed by atoms with Crippen LogP contribution in [0.4, 0.5) is 0 Å². The summed E-state index contributed by atoms with van der Waals surface area (Å²) in [6.07, 6.45) is 0.911. The summed E-state index contributed by atoms with van der Waals surface area (Å²) in [4.78, 5) is 4.59. The van der Waals surface area contributed by atoms with Crippen molar-refractivity contribution in [2.45, 2.75) is 19.9 Å². The van der Waals surface area contributed by atoms with Crippen molar-refractivity contribution in [3.05, 3.63) is 30.1 Å². The lowest BCUT2D eigenvalue weighted by Gasteiger charge is -2.08. The molecule has 1 N–H and O–H groups in total. The lowest BCUT2D eigenvalue weighted by Crippen LogP contribution is -2.10. The van der Waals surface area contributed by atoms with Crippen LogP contribution in [0.2, 0.25) is 0 Å². The summed E-state index contributed by atoms with van der Waals surface area (Å²) in [5, 5.41) is 8.65. The third kappa shape index (κ3) is 2.65. The van der Waals surface area contributed by atoms with Crippen molar-refractivity contribution in [2.24, 2.45) is 0 Å². The van der Waals surface area contributed by atoms with Gasteiger partial charge in [-0.25, -0.2) is 4.98 Å². The number of ether oxygens (including phenoxy) is 1. The second-order valence-corrected chi connectivity index (χ2v) is 3.86. The molecule has 0 amide bonds. The lowest BCUT2D eigenvalue weighted by molar-refractivity contribution is 0.0871. The number of benzene rings is 1. The summed E-state index contributed by atoms with van der Waals surface area (Å²) < 4.78 is 7.49. The Balaban J connectivity index is 2.18. The van der Waals surface area contributed by atoms with Gasteiger partial charge in [-0.15, -0.1) is 0 Å². The van der Waals surface area contributed by atoms with Crippen molar-refractivity contribution in [3.63, 3.8) is 0 Å². The fourth-order valence-electron chi connectivity index (χ4n) is 1.97. The number of fused-ring (bicyclic) bond motifs is 1. The topological polar surface area (TPSA) is 47.3 Å². The number of aliphatic hydroxyl groups excluding tert-OH is 1. The van der Waals surface area contributed by atoms with Crippen LogP contribution in [-0.4, -0.2) is 34.5 Å². The highest BCUT2D eigenvalue weighted by molar-refractivity contribution is 5.75. The van der Waals surface area contributed by atoms with Gasteiger partial charge in [0.25, 0.3) is 0 Å². The molecule has 0 aliphatic heterocycles. The van der Waals surface area contributed by atoms with E-state index >= 15 is 0 Å². The van der Waals surface area contributed by atoms with E-state index in [0.29, 0.717) is 13.2 Å². The smallest absolute Gasteiger partial charge is 0.109 e. The zero-order chi connectivity index (χ0) is 12.1. The summed E-state index contributed by atoms with van der Waals surface area (Å²) >= 11 is 0. The fraction of sp³-hybridized carbons (Fsp3) is 0.462. The van der Waals surface area contributed by atoms with Crippen molar-refractivity contribution >= 4 is 11.0 Å². The maximum Gasteiger partial charge on any atom is 0.109 e. The predicted octanol–water partition coefficient (Wildman–Crippen LogP) is 1.61.